The number of thiophene rings is 1. The highest BCUT2D eigenvalue weighted by atomic mass is 32.2. The minimum atomic E-state index is -4.04. The first-order chi connectivity index (χ1) is 13.4. The Labute approximate surface area is 168 Å². The molecule has 0 amide bonds. The standard InChI is InChI=1S/C18H15FN2O4S3/c19-10-12-8-14(20-27-12)15-6-7-16(26-15)28(24,25)21-18(17(22)23)9-13(18)11-4-2-1-3-5-11/h1-8,13,21H,9-10H2,(H,22,23)/t13-,18-/m0/s1. The van der Waals surface area contributed by atoms with E-state index in [0.717, 1.165) is 28.4 Å². The van der Waals surface area contributed by atoms with Crippen LogP contribution in [0.3, 0.4) is 0 Å². The zero-order valence-electron chi connectivity index (χ0n) is 14.3. The monoisotopic (exact) mass is 438 g/mol. The highest BCUT2D eigenvalue weighted by Crippen LogP contribution is 2.52. The van der Waals surface area contributed by atoms with Crippen LogP contribution in [0.15, 0.2) is 52.7 Å². The lowest BCUT2D eigenvalue weighted by Crippen LogP contribution is -2.44. The van der Waals surface area contributed by atoms with Gasteiger partial charge >= 0.3 is 5.97 Å². The van der Waals surface area contributed by atoms with Gasteiger partial charge in [0.15, 0.2) is 0 Å². The molecule has 1 aromatic carbocycles. The number of carbonyl (C=O) groups is 1. The maximum Gasteiger partial charge on any atom is 0.325 e. The van der Waals surface area contributed by atoms with Gasteiger partial charge in [0, 0.05) is 5.92 Å². The molecule has 0 radical (unpaired) electrons. The molecule has 146 valence electrons. The number of sulfonamides is 1. The smallest absolute Gasteiger partial charge is 0.325 e. The van der Waals surface area contributed by atoms with E-state index in [0.29, 0.717) is 15.4 Å². The summed E-state index contributed by atoms with van der Waals surface area (Å²) in [5, 5.41) is 9.69. The first-order valence-corrected chi connectivity index (χ1v) is 11.4. The number of benzene rings is 1. The van der Waals surface area contributed by atoms with E-state index in [-0.39, 0.29) is 10.6 Å². The fourth-order valence-corrected chi connectivity index (χ4v) is 6.44. The number of halogens is 1. The van der Waals surface area contributed by atoms with Crippen LogP contribution in [0.2, 0.25) is 0 Å². The lowest BCUT2D eigenvalue weighted by molar-refractivity contribution is -0.140. The normalized spacial score (nSPS) is 21.5. The molecule has 2 aromatic heterocycles. The number of aromatic nitrogens is 1. The van der Waals surface area contributed by atoms with Gasteiger partial charge < -0.3 is 5.11 Å². The van der Waals surface area contributed by atoms with Crippen LogP contribution in [0, 0.1) is 0 Å². The second-order valence-electron chi connectivity index (χ2n) is 6.48. The molecule has 0 bridgehead atoms. The molecule has 1 aliphatic carbocycles. The zero-order valence-corrected chi connectivity index (χ0v) is 16.8. The Bertz CT molecular complexity index is 1130. The van der Waals surface area contributed by atoms with Gasteiger partial charge in [0.2, 0.25) is 0 Å². The number of aliphatic carboxylic acids is 1. The van der Waals surface area contributed by atoms with Crippen molar-refractivity contribution in [3.63, 3.8) is 0 Å². The Morgan fingerprint density at radius 1 is 1.29 bits per heavy atom. The van der Waals surface area contributed by atoms with Crippen molar-refractivity contribution in [1.82, 2.24) is 9.10 Å². The summed E-state index contributed by atoms with van der Waals surface area (Å²) in [5.74, 6) is -1.63. The van der Waals surface area contributed by atoms with E-state index in [4.69, 9.17) is 0 Å². The SMILES string of the molecule is O=C(O)[C@]1(NS(=O)(=O)c2ccc(-c3cc(CF)sn3)s2)C[C@H]1c1ccccc1. The molecule has 0 aliphatic heterocycles. The summed E-state index contributed by atoms with van der Waals surface area (Å²) < 4.78 is 44.9. The highest BCUT2D eigenvalue weighted by molar-refractivity contribution is 7.91. The Kier molecular flexibility index (Phi) is 4.82. The van der Waals surface area contributed by atoms with Crippen molar-refractivity contribution in [2.75, 3.05) is 0 Å². The summed E-state index contributed by atoms with van der Waals surface area (Å²) in [5.41, 5.74) is -0.266. The van der Waals surface area contributed by atoms with E-state index >= 15 is 0 Å². The number of hydrogen-bond acceptors (Lipinski definition) is 6. The average molecular weight is 439 g/mol. The topological polar surface area (TPSA) is 96.4 Å². The van der Waals surface area contributed by atoms with E-state index in [1.54, 1.807) is 36.4 Å². The van der Waals surface area contributed by atoms with E-state index in [9.17, 15) is 22.7 Å². The summed E-state index contributed by atoms with van der Waals surface area (Å²) in [7, 11) is -4.04. The van der Waals surface area contributed by atoms with Crippen molar-refractivity contribution in [2.45, 2.75) is 28.8 Å². The summed E-state index contributed by atoms with van der Waals surface area (Å²) in [6.45, 7) is -0.627. The molecule has 0 spiro atoms. The molecule has 4 rings (SSSR count). The average Bonchev–Trinajstić information content (AvgIpc) is 3.05. The van der Waals surface area contributed by atoms with Crippen molar-refractivity contribution in [3.05, 3.63) is 59.0 Å². The van der Waals surface area contributed by atoms with Crippen molar-refractivity contribution >= 4 is 38.9 Å². The van der Waals surface area contributed by atoms with Gasteiger partial charge in [-0.25, -0.2) is 12.8 Å². The zero-order chi connectivity index (χ0) is 19.9. The molecular weight excluding hydrogens is 423 g/mol. The predicted octanol–water partition coefficient (Wildman–Crippen LogP) is 3.63. The quantitative estimate of drug-likeness (QED) is 0.587. The lowest BCUT2D eigenvalue weighted by atomic mass is 10.1. The number of nitrogens with zero attached hydrogens (tertiary/aromatic N) is 1. The van der Waals surface area contributed by atoms with Gasteiger partial charge in [0.25, 0.3) is 10.0 Å². The van der Waals surface area contributed by atoms with Crippen LogP contribution in [-0.4, -0.2) is 29.4 Å². The molecule has 2 N–H and O–H groups in total. The fourth-order valence-electron chi connectivity index (χ4n) is 3.13. The van der Waals surface area contributed by atoms with Crippen LogP contribution in [0.4, 0.5) is 4.39 Å². The van der Waals surface area contributed by atoms with Crippen LogP contribution >= 0.6 is 22.9 Å². The van der Waals surface area contributed by atoms with E-state index in [1.165, 1.54) is 6.07 Å². The molecule has 0 saturated heterocycles. The van der Waals surface area contributed by atoms with Crippen molar-refractivity contribution in [3.8, 4) is 10.6 Å². The second-order valence-corrected chi connectivity index (χ2v) is 10.4. The van der Waals surface area contributed by atoms with Crippen LogP contribution in [0.25, 0.3) is 10.6 Å². The van der Waals surface area contributed by atoms with Gasteiger partial charge in [-0.1, -0.05) is 30.3 Å². The van der Waals surface area contributed by atoms with E-state index in [2.05, 4.69) is 9.10 Å². The number of carboxylic acid groups (broad SMARTS) is 1. The summed E-state index contributed by atoms with van der Waals surface area (Å²) in [6.07, 6.45) is 0.190. The van der Waals surface area contributed by atoms with E-state index < -0.39 is 34.1 Å². The van der Waals surface area contributed by atoms with Gasteiger partial charge in [0.1, 0.15) is 16.4 Å². The van der Waals surface area contributed by atoms with Crippen LogP contribution in [0.5, 0.6) is 0 Å². The maximum atomic E-state index is 12.8. The molecule has 3 aromatic rings. The Balaban J connectivity index is 1.59. The van der Waals surface area contributed by atoms with Crippen LogP contribution in [-0.2, 0) is 21.5 Å². The van der Waals surface area contributed by atoms with Crippen molar-refractivity contribution in [2.24, 2.45) is 0 Å². The first kappa shape index (κ1) is 19.2. The Morgan fingerprint density at radius 3 is 2.68 bits per heavy atom. The third-order valence-electron chi connectivity index (χ3n) is 4.65. The fraction of sp³-hybridized carbons (Fsp3) is 0.222. The third-order valence-corrected chi connectivity index (χ3v) is 8.51. The summed E-state index contributed by atoms with van der Waals surface area (Å²) in [6, 6.07) is 13.6. The number of hydrogen-bond donors (Lipinski definition) is 2. The van der Waals surface area contributed by atoms with Crippen LogP contribution < -0.4 is 4.72 Å². The summed E-state index contributed by atoms with van der Waals surface area (Å²) >= 11 is 1.99. The van der Waals surface area contributed by atoms with Crippen molar-refractivity contribution < 1.29 is 22.7 Å². The highest BCUT2D eigenvalue weighted by Gasteiger charge is 2.63. The summed E-state index contributed by atoms with van der Waals surface area (Å²) in [4.78, 5) is 12.9. The Hall–Kier alpha value is -2.14. The molecule has 2 atom stereocenters. The third kappa shape index (κ3) is 3.37. The van der Waals surface area contributed by atoms with Gasteiger partial charge in [-0.3, -0.25) is 4.79 Å². The minimum absolute atomic E-state index is 0.00312. The number of alkyl halides is 1. The molecule has 1 saturated carbocycles. The second kappa shape index (κ2) is 7.03. The number of rotatable bonds is 7. The largest absolute Gasteiger partial charge is 0.480 e. The number of nitrogens with one attached hydrogen (secondary N) is 1. The molecular formula is C18H15FN2O4S3. The Morgan fingerprint density at radius 2 is 2.04 bits per heavy atom. The molecule has 10 heteroatoms. The van der Waals surface area contributed by atoms with Crippen molar-refractivity contribution in [1.29, 1.82) is 0 Å². The molecule has 0 unspecified atom stereocenters. The lowest BCUT2D eigenvalue weighted by Gasteiger charge is -2.14. The first-order valence-electron chi connectivity index (χ1n) is 8.30. The van der Waals surface area contributed by atoms with Gasteiger partial charge in [0.05, 0.1) is 15.4 Å². The van der Waals surface area contributed by atoms with Gasteiger partial charge in [-0.15, -0.1) is 11.3 Å². The predicted molar refractivity (Wildman–Crippen MR) is 105 cm³/mol. The molecule has 6 nitrogen and oxygen atoms in total. The maximum absolute atomic E-state index is 12.8. The van der Waals surface area contributed by atoms with Gasteiger partial charge in [-0.05, 0) is 41.7 Å². The van der Waals surface area contributed by atoms with Crippen LogP contribution in [0.1, 0.15) is 22.8 Å². The molecule has 2 heterocycles. The molecule has 28 heavy (non-hydrogen) atoms. The van der Waals surface area contributed by atoms with Gasteiger partial charge in [-0.2, -0.15) is 9.10 Å². The van der Waals surface area contributed by atoms with E-state index in [1.807, 2.05) is 6.07 Å². The molecule has 1 aliphatic rings. The minimum Gasteiger partial charge on any atom is -0.480 e. The number of carboxylic acids is 1. The molecule has 1 fully saturated rings.